The predicted octanol–water partition coefficient (Wildman–Crippen LogP) is 1.60. The average molecular weight is 250 g/mol. The SMILES string of the molecule is Cc1cccc(NC(=O)N(C)CC/C(N)=N/O)c1. The van der Waals surface area contributed by atoms with Gasteiger partial charge in [-0.1, -0.05) is 17.3 Å². The molecule has 0 bridgehead atoms. The monoisotopic (exact) mass is 250 g/mol. The Kier molecular flexibility index (Phi) is 4.98. The van der Waals surface area contributed by atoms with Gasteiger partial charge in [0.15, 0.2) is 0 Å². The van der Waals surface area contributed by atoms with Crippen molar-refractivity contribution in [3.8, 4) is 0 Å². The summed E-state index contributed by atoms with van der Waals surface area (Å²) in [4.78, 5) is 13.3. The van der Waals surface area contributed by atoms with Crippen molar-refractivity contribution in [1.29, 1.82) is 0 Å². The first-order chi connectivity index (χ1) is 8.52. The zero-order valence-electron chi connectivity index (χ0n) is 10.6. The van der Waals surface area contributed by atoms with Crippen LogP contribution in [0.4, 0.5) is 10.5 Å². The molecule has 0 radical (unpaired) electrons. The van der Waals surface area contributed by atoms with E-state index in [9.17, 15) is 4.79 Å². The van der Waals surface area contributed by atoms with Crippen molar-refractivity contribution in [3.05, 3.63) is 29.8 Å². The highest BCUT2D eigenvalue weighted by Gasteiger charge is 2.09. The number of nitrogens with zero attached hydrogens (tertiary/aromatic N) is 2. The average Bonchev–Trinajstić information content (AvgIpc) is 2.35. The number of rotatable bonds is 4. The van der Waals surface area contributed by atoms with Crippen molar-refractivity contribution in [2.45, 2.75) is 13.3 Å². The maximum atomic E-state index is 11.8. The largest absolute Gasteiger partial charge is 0.409 e. The first-order valence-electron chi connectivity index (χ1n) is 5.58. The van der Waals surface area contributed by atoms with Gasteiger partial charge in [0.05, 0.1) is 0 Å². The summed E-state index contributed by atoms with van der Waals surface area (Å²) in [6.07, 6.45) is 0.328. The molecule has 0 saturated heterocycles. The fourth-order valence-electron chi connectivity index (χ4n) is 1.38. The van der Waals surface area contributed by atoms with E-state index < -0.39 is 0 Å². The second-order valence-corrected chi connectivity index (χ2v) is 4.06. The molecule has 1 rings (SSSR count). The maximum absolute atomic E-state index is 11.8. The summed E-state index contributed by atoms with van der Waals surface area (Å²) in [5.74, 6) is 0.102. The zero-order chi connectivity index (χ0) is 13.5. The third-order valence-electron chi connectivity index (χ3n) is 2.45. The molecule has 2 amide bonds. The summed E-state index contributed by atoms with van der Waals surface area (Å²) in [6.45, 7) is 2.34. The molecule has 0 fully saturated rings. The van der Waals surface area contributed by atoms with Crippen LogP contribution >= 0.6 is 0 Å². The third-order valence-corrected chi connectivity index (χ3v) is 2.45. The molecule has 18 heavy (non-hydrogen) atoms. The molecule has 0 spiro atoms. The van der Waals surface area contributed by atoms with Crippen LogP contribution in [0.1, 0.15) is 12.0 Å². The van der Waals surface area contributed by atoms with Gasteiger partial charge in [-0.25, -0.2) is 4.79 Å². The smallest absolute Gasteiger partial charge is 0.321 e. The maximum Gasteiger partial charge on any atom is 0.321 e. The van der Waals surface area contributed by atoms with Gasteiger partial charge in [0.25, 0.3) is 0 Å². The number of amides is 2. The van der Waals surface area contributed by atoms with Crippen molar-refractivity contribution < 1.29 is 10.0 Å². The second-order valence-electron chi connectivity index (χ2n) is 4.06. The number of hydrogen-bond donors (Lipinski definition) is 3. The summed E-state index contributed by atoms with van der Waals surface area (Å²) in [7, 11) is 1.65. The summed E-state index contributed by atoms with van der Waals surface area (Å²) in [5.41, 5.74) is 7.16. The van der Waals surface area contributed by atoms with Crippen molar-refractivity contribution in [1.82, 2.24) is 4.90 Å². The van der Waals surface area contributed by atoms with E-state index in [1.165, 1.54) is 4.90 Å². The van der Waals surface area contributed by atoms with Gasteiger partial charge in [-0.2, -0.15) is 0 Å². The highest BCUT2D eigenvalue weighted by molar-refractivity contribution is 5.89. The van der Waals surface area contributed by atoms with Crippen molar-refractivity contribution in [2.75, 3.05) is 18.9 Å². The lowest BCUT2D eigenvalue weighted by molar-refractivity contribution is 0.223. The Bertz CT molecular complexity index is 445. The van der Waals surface area contributed by atoms with Crippen LogP contribution in [0.2, 0.25) is 0 Å². The lowest BCUT2D eigenvalue weighted by atomic mass is 10.2. The molecule has 0 aliphatic carbocycles. The van der Waals surface area contributed by atoms with E-state index in [2.05, 4.69) is 10.5 Å². The molecule has 1 aromatic rings. The number of nitrogens with one attached hydrogen (secondary N) is 1. The van der Waals surface area contributed by atoms with E-state index in [1.54, 1.807) is 7.05 Å². The third kappa shape index (κ3) is 4.32. The Morgan fingerprint density at radius 3 is 2.89 bits per heavy atom. The van der Waals surface area contributed by atoms with Crippen LogP contribution in [0, 0.1) is 6.92 Å². The van der Waals surface area contributed by atoms with Crippen LogP contribution in [0.15, 0.2) is 29.4 Å². The Morgan fingerprint density at radius 1 is 1.56 bits per heavy atom. The van der Waals surface area contributed by atoms with Gasteiger partial charge in [-0.05, 0) is 24.6 Å². The quantitative estimate of drug-likeness (QED) is 0.328. The van der Waals surface area contributed by atoms with Gasteiger partial charge in [0, 0.05) is 25.7 Å². The normalized spacial score (nSPS) is 11.1. The molecule has 6 heteroatoms. The number of benzene rings is 1. The molecule has 0 heterocycles. The van der Waals surface area contributed by atoms with Crippen molar-refractivity contribution in [2.24, 2.45) is 10.9 Å². The molecular formula is C12H18N4O2. The Balaban J connectivity index is 2.50. The van der Waals surface area contributed by atoms with Crippen LogP contribution in [0.25, 0.3) is 0 Å². The number of hydrogen-bond acceptors (Lipinski definition) is 3. The van der Waals surface area contributed by atoms with Crippen molar-refractivity contribution >= 4 is 17.6 Å². The topological polar surface area (TPSA) is 91.0 Å². The molecule has 6 nitrogen and oxygen atoms in total. The summed E-state index contributed by atoms with van der Waals surface area (Å²) in [6, 6.07) is 7.31. The van der Waals surface area contributed by atoms with E-state index in [0.29, 0.717) is 13.0 Å². The van der Waals surface area contributed by atoms with Crippen LogP contribution in [-0.4, -0.2) is 35.6 Å². The van der Waals surface area contributed by atoms with E-state index in [1.807, 2.05) is 31.2 Å². The van der Waals surface area contributed by atoms with E-state index in [0.717, 1.165) is 11.3 Å². The summed E-state index contributed by atoms with van der Waals surface area (Å²) < 4.78 is 0. The first-order valence-corrected chi connectivity index (χ1v) is 5.58. The minimum Gasteiger partial charge on any atom is -0.409 e. The van der Waals surface area contributed by atoms with Gasteiger partial charge in [-0.3, -0.25) is 0 Å². The minimum absolute atomic E-state index is 0.102. The van der Waals surface area contributed by atoms with E-state index >= 15 is 0 Å². The number of nitrogens with two attached hydrogens (primary N) is 1. The number of amidine groups is 1. The standard InChI is InChI=1S/C12H18N4O2/c1-9-4-3-5-10(8-9)14-12(17)16(2)7-6-11(13)15-18/h3-5,8,18H,6-7H2,1-2H3,(H2,13,15)(H,14,17). The highest BCUT2D eigenvalue weighted by atomic mass is 16.4. The fourth-order valence-corrected chi connectivity index (χ4v) is 1.38. The van der Waals surface area contributed by atoms with Crippen LogP contribution in [0.3, 0.4) is 0 Å². The second kappa shape index (κ2) is 6.48. The van der Waals surface area contributed by atoms with Gasteiger partial charge < -0.3 is 21.2 Å². The van der Waals surface area contributed by atoms with Gasteiger partial charge in [0.1, 0.15) is 5.84 Å². The fraction of sp³-hybridized carbons (Fsp3) is 0.333. The minimum atomic E-state index is -0.230. The molecule has 0 aliphatic heterocycles. The predicted molar refractivity (Wildman–Crippen MR) is 70.9 cm³/mol. The summed E-state index contributed by atoms with van der Waals surface area (Å²) in [5, 5.41) is 14.0. The van der Waals surface area contributed by atoms with Gasteiger partial charge >= 0.3 is 6.03 Å². The van der Waals surface area contributed by atoms with E-state index in [-0.39, 0.29) is 11.9 Å². The molecule has 98 valence electrons. The number of carbonyl (C=O) groups excluding carboxylic acids is 1. The molecule has 0 saturated carbocycles. The lowest BCUT2D eigenvalue weighted by Gasteiger charge is -2.17. The van der Waals surface area contributed by atoms with E-state index in [4.69, 9.17) is 10.9 Å². The zero-order valence-corrected chi connectivity index (χ0v) is 10.6. The van der Waals surface area contributed by atoms with Gasteiger partial charge in [-0.15, -0.1) is 0 Å². The molecular weight excluding hydrogens is 232 g/mol. The first kappa shape index (κ1) is 13.8. The van der Waals surface area contributed by atoms with Gasteiger partial charge in [0.2, 0.25) is 0 Å². The van der Waals surface area contributed by atoms with Crippen LogP contribution in [-0.2, 0) is 0 Å². The number of aryl methyl sites for hydroxylation is 1. The number of anilines is 1. The Morgan fingerprint density at radius 2 is 2.28 bits per heavy atom. The number of carbonyl (C=O) groups is 1. The Labute approximate surface area is 106 Å². The molecule has 0 unspecified atom stereocenters. The highest BCUT2D eigenvalue weighted by Crippen LogP contribution is 2.10. The molecule has 0 atom stereocenters. The number of oxime groups is 1. The molecule has 0 aromatic heterocycles. The summed E-state index contributed by atoms with van der Waals surface area (Å²) >= 11 is 0. The lowest BCUT2D eigenvalue weighted by Crippen LogP contribution is -2.34. The van der Waals surface area contributed by atoms with Crippen molar-refractivity contribution in [3.63, 3.8) is 0 Å². The molecule has 1 aromatic carbocycles. The van der Waals surface area contributed by atoms with Crippen LogP contribution in [0.5, 0.6) is 0 Å². The molecule has 4 N–H and O–H groups in total. The molecule has 0 aliphatic rings. The van der Waals surface area contributed by atoms with Crippen LogP contribution < -0.4 is 11.1 Å². The Hall–Kier alpha value is -2.24. The number of urea groups is 1.